The minimum absolute atomic E-state index is 0.249. The molecule has 5 nitrogen and oxygen atoms in total. The maximum Gasteiger partial charge on any atom is 0.296 e. The van der Waals surface area contributed by atoms with Crippen molar-refractivity contribution in [1.29, 1.82) is 5.26 Å². The summed E-state index contributed by atoms with van der Waals surface area (Å²) in [6, 6.07) is 23.2. The van der Waals surface area contributed by atoms with Gasteiger partial charge in [0.05, 0.1) is 28.5 Å². The molecule has 26 heavy (non-hydrogen) atoms. The van der Waals surface area contributed by atoms with Gasteiger partial charge in [0.2, 0.25) is 0 Å². The third-order valence-corrected chi connectivity index (χ3v) is 4.65. The number of hydrogen-bond donors (Lipinski definition) is 0. The quantitative estimate of drug-likeness (QED) is 0.469. The van der Waals surface area contributed by atoms with Gasteiger partial charge in [-0.05, 0) is 29.7 Å². The molecule has 0 N–H and O–H groups in total. The van der Waals surface area contributed by atoms with Crippen LogP contribution in [0.2, 0.25) is 0 Å². The average Bonchev–Trinajstić information content (AvgIpc) is 3.03. The Kier molecular flexibility index (Phi) is 2.94. The molecule has 0 radical (unpaired) electrons. The first-order chi connectivity index (χ1) is 12.8. The summed E-state index contributed by atoms with van der Waals surface area (Å²) in [4.78, 5) is 13.3. The highest BCUT2D eigenvalue weighted by molar-refractivity contribution is 5.99. The van der Waals surface area contributed by atoms with Gasteiger partial charge in [-0.2, -0.15) is 15.0 Å². The smallest absolute Gasteiger partial charge is 0.296 e. The fourth-order valence-corrected chi connectivity index (χ4v) is 3.49. The Morgan fingerprint density at radius 2 is 1.65 bits per heavy atom. The van der Waals surface area contributed by atoms with Crippen molar-refractivity contribution in [2.75, 3.05) is 0 Å². The molecule has 3 heterocycles. The van der Waals surface area contributed by atoms with E-state index in [4.69, 9.17) is 0 Å². The fraction of sp³-hybridized carbons (Fsp3) is 0. The molecule has 0 bridgehead atoms. The normalized spacial score (nSPS) is 11.2. The minimum atomic E-state index is -0.249. The number of nitrogens with zero attached hydrogens (tertiary/aromatic N) is 4. The van der Waals surface area contributed by atoms with Gasteiger partial charge in [0.25, 0.3) is 5.56 Å². The van der Waals surface area contributed by atoms with Gasteiger partial charge in [-0.3, -0.25) is 4.79 Å². The second kappa shape index (κ2) is 5.30. The molecule has 3 aromatic heterocycles. The Bertz CT molecular complexity index is 1410. The summed E-state index contributed by atoms with van der Waals surface area (Å²) < 4.78 is 3.24. The molecule has 0 spiro atoms. The van der Waals surface area contributed by atoms with Crippen LogP contribution in [0.3, 0.4) is 0 Å². The highest BCUT2D eigenvalue weighted by atomic mass is 16.1. The summed E-state index contributed by atoms with van der Waals surface area (Å²) >= 11 is 0. The van der Waals surface area contributed by atoms with Crippen molar-refractivity contribution in [3.8, 4) is 11.8 Å². The summed E-state index contributed by atoms with van der Waals surface area (Å²) in [5.41, 5.74) is 2.97. The molecule has 0 aliphatic heterocycles. The Hall–Kier alpha value is -3.91. The van der Waals surface area contributed by atoms with Crippen LogP contribution in [-0.4, -0.2) is 14.2 Å². The minimum Gasteiger partial charge on any atom is -0.303 e. The summed E-state index contributed by atoms with van der Waals surface area (Å²) in [5.74, 6) is 0. The molecule has 122 valence electrons. The predicted molar refractivity (Wildman–Crippen MR) is 101 cm³/mol. The van der Waals surface area contributed by atoms with Crippen LogP contribution in [0.5, 0.6) is 0 Å². The third kappa shape index (κ3) is 1.84. The monoisotopic (exact) mass is 336 g/mol. The fourth-order valence-electron chi connectivity index (χ4n) is 3.49. The van der Waals surface area contributed by atoms with Gasteiger partial charge in [0, 0.05) is 5.39 Å². The Balaban J connectivity index is 2.05. The average molecular weight is 336 g/mol. The molecular formula is C21H12N4O. The van der Waals surface area contributed by atoms with E-state index in [2.05, 4.69) is 11.2 Å². The highest BCUT2D eigenvalue weighted by Crippen LogP contribution is 2.28. The van der Waals surface area contributed by atoms with Crippen molar-refractivity contribution in [3.63, 3.8) is 0 Å². The molecule has 0 saturated carbocycles. The number of para-hydroxylation sites is 2. The van der Waals surface area contributed by atoms with Crippen molar-refractivity contribution in [2.24, 2.45) is 0 Å². The van der Waals surface area contributed by atoms with Crippen LogP contribution in [0.4, 0.5) is 0 Å². The maximum absolute atomic E-state index is 13.3. The second-order valence-corrected chi connectivity index (χ2v) is 6.06. The van der Waals surface area contributed by atoms with Gasteiger partial charge in [-0.25, -0.2) is 0 Å². The van der Waals surface area contributed by atoms with Crippen LogP contribution in [0.15, 0.2) is 77.7 Å². The third-order valence-electron chi connectivity index (χ3n) is 4.65. The lowest BCUT2D eigenvalue weighted by atomic mass is 10.2. The van der Waals surface area contributed by atoms with E-state index in [0.717, 1.165) is 10.9 Å². The molecule has 5 aromatic rings. The molecule has 0 amide bonds. The zero-order chi connectivity index (χ0) is 17.7. The first-order valence-corrected chi connectivity index (χ1v) is 8.19. The Morgan fingerprint density at radius 3 is 2.46 bits per heavy atom. The van der Waals surface area contributed by atoms with E-state index in [1.54, 1.807) is 6.20 Å². The van der Waals surface area contributed by atoms with Gasteiger partial charge in [0.1, 0.15) is 11.6 Å². The van der Waals surface area contributed by atoms with Crippen molar-refractivity contribution >= 4 is 27.3 Å². The largest absolute Gasteiger partial charge is 0.303 e. The van der Waals surface area contributed by atoms with E-state index in [9.17, 15) is 10.1 Å². The van der Waals surface area contributed by atoms with E-state index in [-0.39, 0.29) is 5.56 Å². The van der Waals surface area contributed by atoms with Crippen LogP contribution in [-0.2, 0) is 0 Å². The van der Waals surface area contributed by atoms with Crippen molar-refractivity contribution in [2.45, 2.75) is 0 Å². The van der Waals surface area contributed by atoms with Crippen LogP contribution >= 0.6 is 0 Å². The summed E-state index contributed by atoms with van der Waals surface area (Å²) in [5, 5.41) is 15.5. The number of hydrogen-bond acceptors (Lipinski definition) is 3. The number of benzene rings is 2. The summed E-state index contributed by atoms with van der Waals surface area (Å²) in [6.45, 7) is 0. The lowest BCUT2D eigenvalue weighted by Crippen LogP contribution is -2.21. The highest BCUT2D eigenvalue weighted by Gasteiger charge is 2.18. The van der Waals surface area contributed by atoms with E-state index in [1.165, 1.54) is 4.68 Å². The molecule has 5 heteroatoms. The first-order valence-electron chi connectivity index (χ1n) is 8.19. The summed E-state index contributed by atoms with van der Waals surface area (Å²) in [7, 11) is 0. The zero-order valence-corrected chi connectivity index (χ0v) is 13.6. The van der Waals surface area contributed by atoms with Crippen molar-refractivity contribution in [3.05, 3.63) is 88.8 Å². The summed E-state index contributed by atoms with van der Waals surface area (Å²) in [6.07, 6.45) is 1.60. The number of nitriles is 1. The molecule has 0 fully saturated rings. The zero-order valence-electron chi connectivity index (χ0n) is 13.6. The topological polar surface area (TPSA) is 63.1 Å². The number of pyridine rings is 1. The molecule has 0 aliphatic carbocycles. The van der Waals surface area contributed by atoms with Crippen molar-refractivity contribution < 1.29 is 0 Å². The first kappa shape index (κ1) is 14.4. The molecule has 0 saturated heterocycles. The van der Waals surface area contributed by atoms with Gasteiger partial charge in [-0.15, -0.1) is 0 Å². The molecule has 0 aliphatic rings. The number of rotatable bonds is 1. The lowest BCUT2D eigenvalue weighted by Gasteiger charge is -2.06. The standard InChI is InChI=1S/C21H12N4O/c22-12-16-17-13-23-25(15-7-2-1-3-8-15)21(26)20(17)24-18-9-5-4-6-14(18)10-11-19(16)24/h1-11,13H. The lowest BCUT2D eigenvalue weighted by molar-refractivity contribution is 0.818. The van der Waals surface area contributed by atoms with E-state index in [1.807, 2.05) is 71.1 Å². The van der Waals surface area contributed by atoms with Gasteiger partial charge >= 0.3 is 0 Å². The molecule has 5 rings (SSSR count). The predicted octanol–water partition coefficient (Wildman–Crippen LogP) is 3.66. The van der Waals surface area contributed by atoms with Crippen LogP contribution < -0.4 is 5.56 Å². The van der Waals surface area contributed by atoms with Crippen LogP contribution in [0.25, 0.3) is 33.0 Å². The molecule has 0 atom stereocenters. The Labute approximate surface area is 148 Å². The SMILES string of the molecule is N#Cc1c2cnn(-c3ccccc3)c(=O)c2n2c1ccc1ccccc12. The van der Waals surface area contributed by atoms with Gasteiger partial charge in [0.15, 0.2) is 0 Å². The van der Waals surface area contributed by atoms with Crippen molar-refractivity contribution in [1.82, 2.24) is 14.2 Å². The number of aromatic nitrogens is 3. The molecular weight excluding hydrogens is 324 g/mol. The van der Waals surface area contributed by atoms with E-state index >= 15 is 0 Å². The maximum atomic E-state index is 13.3. The number of fused-ring (bicyclic) bond motifs is 5. The van der Waals surface area contributed by atoms with E-state index < -0.39 is 0 Å². The Morgan fingerprint density at radius 1 is 0.885 bits per heavy atom. The van der Waals surface area contributed by atoms with Gasteiger partial charge < -0.3 is 4.40 Å². The van der Waals surface area contributed by atoms with Crippen LogP contribution in [0, 0.1) is 11.3 Å². The molecule has 0 unspecified atom stereocenters. The van der Waals surface area contributed by atoms with Gasteiger partial charge in [-0.1, -0.05) is 42.5 Å². The molecule has 2 aromatic carbocycles. The second-order valence-electron chi connectivity index (χ2n) is 6.06. The van der Waals surface area contributed by atoms with Crippen LogP contribution in [0.1, 0.15) is 5.56 Å². The van der Waals surface area contributed by atoms with E-state index in [0.29, 0.717) is 27.7 Å².